The Kier molecular flexibility index (Phi) is 6.79. The van der Waals surface area contributed by atoms with Crippen LogP contribution in [0.1, 0.15) is 0 Å². The summed E-state index contributed by atoms with van der Waals surface area (Å²) >= 11 is 0. The van der Waals surface area contributed by atoms with E-state index in [-0.39, 0.29) is 0 Å². The highest BCUT2D eigenvalue weighted by Crippen LogP contribution is 2.41. The summed E-state index contributed by atoms with van der Waals surface area (Å²) in [6.07, 6.45) is 1.95. The Labute approximate surface area is 310 Å². The Hall–Kier alpha value is -7.37. The van der Waals surface area contributed by atoms with Crippen molar-refractivity contribution in [1.29, 1.82) is 0 Å². The number of benzene rings is 8. The van der Waals surface area contributed by atoms with Crippen molar-refractivity contribution in [2.75, 3.05) is 0 Å². The van der Waals surface area contributed by atoms with Crippen molar-refractivity contribution in [2.45, 2.75) is 0 Å². The SMILES string of the molecule is c1ccc2c(-c3nc(-c4cccc5ccccc45)nc(-c4ncc(-c5nc6ccccc6c6c5ccc5ccccc56)c5ccccc45)n3)cccc2c1. The van der Waals surface area contributed by atoms with Crippen LogP contribution in [0.15, 0.2) is 176 Å². The van der Waals surface area contributed by atoms with Crippen molar-refractivity contribution in [3.8, 4) is 45.6 Å². The summed E-state index contributed by atoms with van der Waals surface area (Å²) in [5.41, 5.74) is 5.37. The molecule has 0 radical (unpaired) electrons. The van der Waals surface area contributed by atoms with E-state index in [2.05, 4.69) is 170 Å². The molecule has 8 aromatic carbocycles. The second-order valence-electron chi connectivity index (χ2n) is 13.6. The lowest BCUT2D eigenvalue weighted by Gasteiger charge is -2.15. The van der Waals surface area contributed by atoms with Crippen molar-refractivity contribution >= 4 is 64.8 Å². The number of pyridine rings is 2. The Morgan fingerprint density at radius 2 is 0.778 bits per heavy atom. The number of nitrogens with zero attached hydrogens (tertiary/aromatic N) is 5. The first-order valence-electron chi connectivity index (χ1n) is 18.1. The van der Waals surface area contributed by atoms with E-state index in [9.17, 15) is 0 Å². The van der Waals surface area contributed by atoms with E-state index in [0.717, 1.165) is 71.0 Å². The zero-order valence-corrected chi connectivity index (χ0v) is 29.0. The molecule has 0 atom stereocenters. The Balaban J connectivity index is 1.19. The van der Waals surface area contributed by atoms with Gasteiger partial charge < -0.3 is 0 Å². The van der Waals surface area contributed by atoms with E-state index in [4.69, 9.17) is 24.9 Å². The topological polar surface area (TPSA) is 64.5 Å². The van der Waals surface area contributed by atoms with Crippen LogP contribution in [0, 0.1) is 0 Å². The van der Waals surface area contributed by atoms with Gasteiger partial charge in [-0.3, -0.25) is 4.98 Å². The Morgan fingerprint density at radius 3 is 1.44 bits per heavy atom. The van der Waals surface area contributed by atoms with Gasteiger partial charge in [0.25, 0.3) is 0 Å². The van der Waals surface area contributed by atoms with Gasteiger partial charge in [0.05, 0.1) is 11.2 Å². The Morgan fingerprint density at radius 1 is 0.278 bits per heavy atom. The van der Waals surface area contributed by atoms with Crippen LogP contribution in [0.5, 0.6) is 0 Å². The molecule has 3 aromatic heterocycles. The summed E-state index contributed by atoms with van der Waals surface area (Å²) in [7, 11) is 0. The van der Waals surface area contributed by atoms with E-state index in [1.165, 1.54) is 16.2 Å². The third-order valence-electron chi connectivity index (χ3n) is 10.5. The van der Waals surface area contributed by atoms with Crippen LogP contribution in [0.3, 0.4) is 0 Å². The zero-order valence-electron chi connectivity index (χ0n) is 29.0. The van der Waals surface area contributed by atoms with E-state index in [1.54, 1.807) is 0 Å². The summed E-state index contributed by atoms with van der Waals surface area (Å²) in [6, 6.07) is 59.0. The standard InChI is InChI=1S/C49H29N5/c1-4-18-33-30(13-1)16-11-24-38(33)47-52-48(39-25-12-17-31-14-2-5-19-34(31)39)54-49(53-47)46-37-22-8-7-21-36(37)42(29-50-46)45-41-28-27-32-15-3-6-20-35(32)44(41)40-23-9-10-26-43(40)51-45/h1-29H. The van der Waals surface area contributed by atoms with Crippen molar-refractivity contribution in [1.82, 2.24) is 24.9 Å². The van der Waals surface area contributed by atoms with Gasteiger partial charge in [-0.1, -0.05) is 164 Å². The molecule has 0 aliphatic heterocycles. The molecule has 0 spiro atoms. The highest BCUT2D eigenvalue weighted by atomic mass is 15.0. The summed E-state index contributed by atoms with van der Waals surface area (Å²) in [6.45, 7) is 0. The second kappa shape index (κ2) is 12.1. The molecule has 5 nitrogen and oxygen atoms in total. The minimum Gasteiger partial charge on any atom is -0.252 e. The van der Waals surface area contributed by atoms with Crippen LogP contribution in [-0.2, 0) is 0 Å². The molecule has 3 heterocycles. The van der Waals surface area contributed by atoms with Gasteiger partial charge in [0, 0.05) is 44.4 Å². The summed E-state index contributed by atoms with van der Waals surface area (Å²) in [5, 5.41) is 12.2. The first kappa shape index (κ1) is 30.3. The van der Waals surface area contributed by atoms with Crippen molar-refractivity contribution in [2.24, 2.45) is 0 Å². The average molecular weight is 688 g/mol. The maximum atomic E-state index is 5.32. The summed E-state index contributed by atoms with van der Waals surface area (Å²) in [5.74, 6) is 1.72. The normalized spacial score (nSPS) is 11.7. The summed E-state index contributed by atoms with van der Waals surface area (Å²) in [4.78, 5) is 26.1. The van der Waals surface area contributed by atoms with Crippen LogP contribution in [-0.4, -0.2) is 24.9 Å². The van der Waals surface area contributed by atoms with Gasteiger partial charge in [0.1, 0.15) is 5.69 Å². The first-order valence-corrected chi connectivity index (χ1v) is 18.1. The number of rotatable bonds is 4. The number of hydrogen-bond donors (Lipinski definition) is 0. The number of aromatic nitrogens is 5. The Bertz CT molecular complexity index is 3170. The van der Waals surface area contributed by atoms with E-state index in [0.29, 0.717) is 23.2 Å². The lowest BCUT2D eigenvalue weighted by molar-refractivity contribution is 1.07. The molecule has 54 heavy (non-hydrogen) atoms. The van der Waals surface area contributed by atoms with Crippen LogP contribution in [0.4, 0.5) is 0 Å². The quantitative estimate of drug-likeness (QED) is 0.172. The zero-order chi connectivity index (χ0) is 35.6. The molecule has 5 heteroatoms. The third kappa shape index (κ3) is 4.76. The van der Waals surface area contributed by atoms with Crippen molar-refractivity contribution < 1.29 is 0 Å². The summed E-state index contributed by atoms with van der Waals surface area (Å²) < 4.78 is 0. The molecule has 0 aliphatic rings. The molecule has 0 N–H and O–H groups in total. The maximum absolute atomic E-state index is 5.32. The van der Waals surface area contributed by atoms with Crippen LogP contribution >= 0.6 is 0 Å². The number of para-hydroxylation sites is 1. The molecule has 0 amide bonds. The molecule has 0 saturated heterocycles. The van der Waals surface area contributed by atoms with Gasteiger partial charge in [-0.15, -0.1) is 0 Å². The van der Waals surface area contributed by atoms with Gasteiger partial charge in [-0.2, -0.15) is 0 Å². The largest absolute Gasteiger partial charge is 0.252 e. The third-order valence-corrected chi connectivity index (χ3v) is 10.5. The highest BCUT2D eigenvalue weighted by molar-refractivity contribution is 6.23. The lowest BCUT2D eigenvalue weighted by Crippen LogP contribution is -2.03. The minimum absolute atomic E-state index is 0.515. The van der Waals surface area contributed by atoms with Gasteiger partial charge >= 0.3 is 0 Å². The molecule has 250 valence electrons. The van der Waals surface area contributed by atoms with Crippen LogP contribution in [0.25, 0.3) is 110 Å². The first-order chi connectivity index (χ1) is 26.8. The van der Waals surface area contributed by atoms with E-state index >= 15 is 0 Å². The maximum Gasteiger partial charge on any atom is 0.183 e. The second-order valence-corrected chi connectivity index (χ2v) is 13.6. The van der Waals surface area contributed by atoms with Gasteiger partial charge in [0.2, 0.25) is 0 Å². The van der Waals surface area contributed by atoms with E-state index < -0.39 is 0 Å². The van der Waals surface area contributed by atoms with Gasteiger partial charge in [-0.25, -0.2) is 19.9 Å². The smallest absolute Gasteiger partial charge is 0.183 e. The molecule has 11 aromatic rings. The molecule has 0 aliphatic carbocycles. The van der Waals surface area contributed by atoms with Gasteiger partial charge in [-0.05, 0) is 43.8 Å². The van der Waals surface area contributed by atoms with Crippen molar-refractivity contribution in [3.63, 3.8) is 0 Å². The van der Waals surface area contributed by atoms with E-state index in [1.807, 2.05) is 6.20 Å². The number of hydrogen-bond acceptors (Lipinski definition) is 5. The molecule has 0 unspecified atom stereocenters. The molecule has 0 fully saturated rings. The number of fused-ring (bicyclic) bond motifs is 8. The predicted molar refractivity (Wildman–Crippen MR) is 222 cm³/mol. The molecule has 0 saturated carbocycles. The fourth-order valence-electron chi connectivity index (χ4n) is 8.05. The van der Waals surface area contributed by atoms with Crippen LogP contribution < -0.4 is 0 Å². The molecular formula is C49H29N5. The predicted octanol–water partition coefficient (Wildman–Crippen LogP) is 12.2. The van der Waals surface area contributed by atoms with Gasteiger partial charge in [0.15, 0.2) is 17.5 Å². The fraction of sp³-hybridized carbons (Fsp3) is 0. The average Bonchev–Trinajstić information content (AvgIpc) is 3.25. The van der Waals surface area contributed by atoms with Crippen LogP contribution in [0.2, 0.25) is 0 Å². The molecular weight excluding hydrogens is 659 g/mol. The monoisotopic (exact) mass is 687 g/mol. The van der Waals surface area contributed by atoms with Crippen molar-refractivity contribution in [3.05, 3.63) is 176 Å². The molecule has 0 bridgehead atoms. The highest BCUT2D eigenvalue weighted by Gasteiger charge is 2.21. The molecule has 11 rings (SSSR count). The lowest BCUT2D eigenvalue weighted by atomic mass is 9.94. The fourth-order valence-corrected chi connectivity index (χ4v) is 8.05. The minimum atomic E-state index is 0.515.